The Bertz CT molecular complexity index is 1170. The topological polar surface area (TPSA) is 69.7 Å². The Morgan fingerprint density at radius 3 is 2.19 bits per heavy atom. The Hall–Kier alpha value is -3.93. The summed E-state index contributed by atoms with van der Waals surface area (Å²) in [7, 11) is 0. The number of carbonyl (C=O) groups is 3. The van der Waals surface area contributed by atoms with E-state index in [-0.39, 0.29) is 24.5 Å². The lowest BCUT2D eigenvalue weighted by atomic mass is 9.91. The van der Waals surface area contributed by atoms with Crippen LogP contribution in [0.4, 0.5) is 11.4 Å². The highest BCUT2D eigenvalue weighted by Gasteiger charge is 2.39. The van der Waals surface area contributed by atoms with Gasteiger partial charge in [-0.3, -0.25) is 19.3 Å². The van der Waals surface area contributed by atoms with E-state index in [4.69, 9.17) is 0 Å². The van der Waals surface area contributed by atoms with Crippen molar-refractivity contribution in [3.05, 3.63) is 95.6 Å². The third kappa shape index (κ3) is 3.34. The van der Waals surface area contributed by atoms with Gasteiger partial charge < -0.3 is 10.2 Å². The average molecular weight is 425 g/mol. The molecule has 1 N–H and O–H groups in total. The summed E-state index contributed by atoms with van der Waals surface area (Å²) < 4.78 is 0. The number of anilines is 2. The Balaban J connectivity index is 1.51. The molecule has 6 heteroatoms. The summed E-state index contributed by atoms with van der Waals surface area (Å²) >= 11 is 0. The molecule has 6 nitrogen and oxygen atoms in total. The van der Waals surface area contributed by atoms with Gasteiger partial charge in [0.25, 0.3) is 11.8 Å². The first-order chi connectivity index (χ1) is 15.5. The van der Waals surface area contributed by atoms with Crippen molar-refractivity contribution in [1.82, 2.24) is 4.90 Å². The van der Waals surface area contributed by atoms with Crippen LogP contribution in [0.1, 0.15) is 45.7 Å². The van der Waals surface area contributed by atoms with Crippen LogP contribution in [0.2, 0.25) is 0 Å². The van der Waals surface area contributed by atoms with Crippen molar-refractivity contribution in [3.8, 4) is 0 Å². The van der Waals surface area contributed by atoms with Gasteiger partial charge in [-0.05, 0) is 49.2 Å². The van der Waals surface area contributed by atoms with Crippen LogP contribution < -0.4 is 10.2 Å². The molecule has 160 valence electrons. The monoisotopic (exact) mass is 425 g/mol. The predicted octanol–water partition coefficient (Wildman–Crippen LogP) is 4.26. The molecular weight excluding hydrogens is 402 g/mol. The molecular formula is C26H23N3O3. The molecule has 0 fully saturated rings. The van der Waals surface area contributed by atoms with Crippen molar-refractivity contribution in [2.24, 2.45) is 0 Å². The van der Waals surface area contributed by atoms with Crippen LogP contribution in [0.15, 0.2) is 78.9 Å². The highest BCUT2D eigenvalue weighted by Crippen LogP contribution is 2.39. The third-order valence-electron chi connectivity index (χ3n) is 6.08. The minimum absolute atomic E-state index is 0.160. The van der Waals surface area contributed by atoms with Crippen LogP contribution >= 0.6 is 0 Å². The maximum Gasteiger partial charge on any atom is 0.262 e. The first-order valence-corrected chi connectivity index (χ1v) is 10.7. The van der Waals surface area contributed by atoms with Crippen LogP contribution in [-0.4, -0.2) is 35.2 Å². The Kier molecular flexibility index (Phi) is 4.98. The lowest BCUT2D eigenvalue weighted by molar-refractivity contribution is -0.119. The third-order valence-corrected chi connectivity index (χ3v) is 6.08. The zero-order valence-corrected chi connectivity index (χ0v) is 17.7. The van der Waals surface area contributed by atoms with Crippen molar-refractivity contribution >= 4 is 29.1 Å². The molecule has 0 saturated carbocycles. The SMILES string of the molecule is C[C@H]1C[C@@H](N(C(=O)CN2C(=O)c3ccccc3C2=O)c2ccccc2)c2ccccc2N1. The minimum atomic E-state index is -0.425. The number of rotatable bonds is 4. The van der Waals surface area contributed by atoms with E-state index >= 15 is 0 Å². The lowest BCUT2D eigenvalue weighted by Crippen LogP contribution is -2.46. The Labute approximate surface area is 186 Å². The van der Waals surface area contributed by atoms with Crippen molar-refractivity contribution in [3.63, 3.8) is 0 Å². The van der Waals surface area contributed by atoms with Gasteiger partial charge in [-0.1, -0.05) is 48.5 Å². The fourth-order valence-corrected chi connectivity index (χ4v) is 4.63. The van der Waals surface area contributed by atoms with Gasteiger partial charge in [0.1, 0.15) is 6.54 Å². The van der Waals surface area contributed by atoms with Crippen LogP contribution in [-0.2, 0) is 4.79 Å². The van der Waals surface area contributed by atoms with E-state index in [1.165, 1.54) is 0 Å². The number of benzene rings is 3. The molecule has 0 aliphatic carbocycles. The number of hydrogen-bond donors (Lipinski definition) is 1. The van der Waals surface area contributed by atoms with Crippen molar-refractivity contribution < 1.29 is 14.4 Å². The molecule has 3 aromatic rings. The second-order valence-corrected chi connectivity index (χ2v) is 8.23. The maximum atomic E-state index is 13.7. The molecule has 2 aliphatic heterocycles. The Morgan fingerprint density at radius 1 is 0.906 bits per heavy atom. The van der Waals surface area contributed by atoms with E-state index in [0.717, 1.165) is 21.8 Å². The first kappa shape index (κ1) is 20.0. The smallest absolute Gasteiger partial charge is 0.262 e. The quantitative estimate of drug-likeness (QED) is 0.634. The normalized spacial score (nSPS) is 19.2. The number of para-hydroxylation sites is 2. The molecule has 2 atom stereocenters. The number of fused-ring (bicyclic) bond motifs is 2. The van der Waals surface area contributed by atoms with E-state index in [2.05, 4.69) is 12.2 Å². The van der Waals surface area contributed by atoms with Crippen LogP contribution in [0.25, 0.3) is 0 Å². The summed E-state index contributed by atoms with van der Waals surface area (Å²) in [6, 6.07) is 24.0. The van der Waals surface area contributed by atoms with Crippen LogP contribution in [0.3, 0.4) is 0 Å². The fourth-order valence-electron chi connectivity index (χ4n) is 4.63. The van der Waals surface area contributed by atoms with Crippen molar-refractivity contribution in [1.29, 1.82) is 0 Å². The molecule has 32 heavy (non-hydrogen) atoms. The van der Waals surface area contributed by atoms with E-state index in [9.17, 15) is 14.4 Å². The van der Waals surface area contributed by atoms with Gasteiger partial charge in [-0.25, -0.2) is 0 Å². The van der Waals surface area contributed by atoms with E-state index in [0.29, 0.717) is 17.5 Å². The number of nitrogens with zero attached hydrogens (tertiary/aromatic N) is 2. The predicted molar refractivity (Wildman–Crippen MR) is 123 cm³/mol. The van der Waals surface area contributed by atoms with Gasteiger partial charge in [0.2, 0.25) is 5.91 Å². The standard InChI is InChI=1S/C26H23N3O3/c1-17-15-23(21-13-7-8-14-22(21)27-17)29(18-9-3-2-4-10-18)24(30)16-28-25(31)19-11-5-6-12-20(19)26(28)32/h2-14,17,23,27H,15-16H2,1H3/t17-,23+/m0/s1. The summed E-state index contributed by atoms with van der Waals surface area (Å²) in [6.07, 6.45) is 0.708. The molecule has 0 unspecified atom stereocenters. The van der Waals surface area contributed by atoms with E-state index in [1.807, 2.05) is 54.6 Å². The van der Waals surface area contributed by atoms with Gasteiger partial charge in [0.05, 0.1) is 17.2 Å². The summed E-state index contributed by atoms with van der Waals surface area (Å²) in [5.74, 6) is -1.14. The summed E-state index contributed by atoms with van der Waals surface area (Å²) in [5.41, 5.74) is 3.44. The van der Waals surface area contributed by atoms with Gasteiger partial charge in [-0.15, -0.1) is 0 Å². The zero-order chi connectivity index (χ0) is 22.2. The average Bonchev–Trinajstić information content (AvgIpc) is 3.05. The second kappa shape index (κ2) is 7.96. The number of amides is 3. The number of imide groups is 1. The molecule has 0 aromatic heterocycles. The Morgan fingerprint density at radius 2 is 1.50 bits per heavy atom. The fraction of sp³-hybridized carbons (Fsp3) is 0.192. The highest BCUT2D eigenvalue weighted by atomic mass is 16.2. The molecule has 2 heterocycles. The highest BCUT2D eigenvalue weighted by molar-refractivity contribution is 6.22. The van der Waals surface area contributed by atoms with Crippen molar-refractivity contribution in [2.45, 2.75) is 25.4 Å². The largest absolute Gasteiger partial charge is 0.382 e. The van der Waals surface area contributed by atoms with Gasteiger partial charge >= 0.3 is 0 Å². The summed E-state index contributed by atoms with van der Waals surface area (Å²) in [6.45, 7) is 1.78. The molecule has 0 bridgehead atoms. The van der Waals surface area contributed by atoms with Gasteiger partial charge in [0.15, 0.2) is 0 Å². The van der Waals surface area contributed by atoms with Crippen LogP contribution in [0.5, 0.6) is 0 Å². The lowest BCUT2D eigenvalue weighted by Gasteiger charge is -2.39. The number of carbonyl (C=O) groups excluding carboxylic acids is 3. The molecule has 0 spiro atoms. The first-order valence-electron chi connectivity index (χ1n) is 10.7. The summed E-state index contributed by atoms with van der Waals surface area (Å²) in [5, 5.41) is 3.48. The van der Waals surface area contributed by atoms with Gasteiger partial charge in [-0.2, -0.15) is 0 Å². The number of nitrogens with one attached hydrogen (secondary N) is 1. The molecule has 3 amide bonds. The molecule has 0 saturated heterocycles. The van der Waals surface area contributed by atoms with E-state index < -0.39 is 11.8 Å². The molecule has 3 aromatic carbocycles. The van der Waals surface area contributed by atoms with Gasteiger partial charge in [0, 0.05) is 17.4 Å². The molecule has 0 radical (unpaired) electrons. The molecule has 2 aliphatic rings. The minimum Gasteiger partial charge on any atom is -0.382 e. The van der Waals surface area contributed by atoms with Crippen LogP contribution in [0, 0.1) is 0 Å². The zero-order valence-electron chi connectivity index (χ0n) is 17.7. The van der Waals surface area contributed by atoms with Crippen molar-refractivity contribution in [2.75, 3.05) is 16.8 Å². The molecule has 5 rings (SSSR count). The maximum absolute atomic E-state index is 13.7. The second-order valence-electron chi connectivity index (χ2n) is 8.23. The van der Waals surface area contributed by atoms with E-state index in [1.54, 1.807) is 29.2 Å². The summed E-state index contributed by atoms with van der Waals surface area (Å²) in [4.78, 5) is 42.2. The number of hydrogen-bond acceptors (Lipinski definition) is 4.